The van der Waals surface area contributed by atoms with Gasteiger partial charge in [0.2, 0.25) is 5.78 Å². The average Bonchev–Trinajstić information content (AvgIpc) is 3.32. The first kappa shape index (κ1) is 18.8. The number of aromatic nitrogens is 3. The topological polar surface area (TPSA) is 92.4 Å². The molecule has 0 saturated carbocycles. The summed E-state index contributed by atoms with van der Waals surface area (Å²) in [4.78, 5) is 19.7. The van der Waals surface area contributed by atoms with Gasteiger partial charge in [-0.25, -0.2) is 4.98 Å². The van der Waals surface area contributed by atoms with Gasteiger partial charge in [-0.3, -0.25) is 14.8 Å². The van der Waals surface area contributed by atoms with Crippen LogP contribution in [0.15, 0.2) is 36.2 Å². The van der Waals surface area contributed by atoms with Gasteiger partial charge in [0.05, 0.1) is 23.9 Å². The molecule has 0 aliphatic carbocycles. The van der Waals surface area contributed by atoms with Crippen molar-refractivity contribution in [1.82, 2.24) is 25.4 Å². The molecule has 4 heterocycles. The van der Waals surface area contributed by atoms with E-state index in [9.17, 15) is 4.79 Å². The number of nitrogens with zero attached hydrogens (tertiary/aromatic N) is 3. The SMILES string of the molecule is COc1ccc2c(c1CN1CCNCC1C)OC(=Cc1n[nH]c3ncccc13)C2=O. The van der Waals surface area contributed by atoms with Crippen molar-refractivity contribution >= 4 is 22.9 Å². The van der Waals surface area contributed by atoms with Crippen molar-refractivity contribution in [3.8, 4) is 11.5 Å². The first-order chi connectivity index (χ1) is 14.7. The number of nitrogens with one attached hydrogen (secondary N) is 2. The molecule has 2 aliphatic rings. The zero-order valence-corrected chi connectivity index (χ0v) is 16.9. The number of fused-ring (bicyclic) bond motifs is 2. The number of ketones is 1. The number of hydrogen-bond acceptors (Lipinski definition) is 7. The van der Waals surface area contributed by atoms with E-state index in [2.05, 4.69) is 32.3 Å². The van der Waals surface area contributed by atoms with Crippen LogP contribution in [0.3, 0.4) is 0 Å². The molecule has 5 rings (SSSR count). The maximum Gasteiger partial charge on any atom is 0.232 e. The summed E-state index contributed by atoms with van der Waals surface area (Å²) < 4.78 is 11.7. The maximum absolute atomic E-state index is 13.1. The molecular weight excluding hydrogens is 382 g/mol. The van der Waals surface area contributed by atoms with Crippen LogP contribution in [-0.2, 0) is 6.54 Å². The smallest absolute Gasteiger partial charge is 0.232 e. The molecule has 0 bridgehead atoms. The van der Waals surface area contributed by atoms with Gasteiger partial charge in [0.1, 0.15) is 11.5 Å². The molecular formula is C22H23N5O3. The normalized spacial score (nSPS) is 20.5. The molecule has 1 fully saturated rings. The summed E-state index contributed by atoms with van der Waals surface area (Å²) in [5.41, 5.74) is 2.74. The molecule has 154 valence electrons. The summed E-state index contributed by atoms with van der Waals surface area (Å²) in [6.07, 6.45) is 3.37. The quantitative estimate of drug-likeness (QED) is 0.644. The van der Waals surface area contributed by atoms with Crippen LogP contribution in [0.1, 0.15) is 28.5 Å². The highest BCUT2D eigenvalue weighted by molar-refractivity contribution is 6.15. The van der Waals surface area contributed by atoms with Crippen molar-refractivity contribution in [3.63, 3.8) is 0 Å². The number of rotatable bonds is 4. The van der Waals surface area contributed by atoms with E-state index in [1.165, 1.54) is 0 Å². The summed E-state index contributed by atoms with van der Waals surface area (Å²) in [7, 11) is 1.64. The van der Waals surface area contributed by atoms with E-state index in [1.807, 2.05) is 18.2 Å². The molecule has 0 radical (unpaired) electrons. The number of benzene rings is 1. The van der Waals surface area contributed by atoms with E-state index >= 15 is 0 Å². The van der Waals surface area contributed by atoms with Gasteiger partial charge >= 0.3 is 0 Å². The van der Waals surface area contributed by atoms with Gasteiger partial charge in [0.15, 0.2) is 11.4 Å². The third-order valence-corrected chi connectivity index (χ3v) is 5.75. The molecule has 2 aliphatic heterocycles. The Morgan fingerprint density at radius 3 is 3.10 bits per heavy atom. The number of aromatic amines is 1. The molecule has 0 spiro atoms. The Kier molecular flexibility index (Phi) is 4.72. The number of Topliss-reactive ketones (excluding diaryl/α,β-unsaturated/α-hetero) is 1. The van der Waals surface area contributed by atoms with Crippen LogP contribution < -0.4 is 14.8 Å². The molecule has 3 aromatic rings. The summed E-state index contributed by atoms with van der Waals surface area (Å²) in [6, 6.07) is 7.74. The minimum absolute atomic E-state index is 0.151. The number of piperazine rings is 1. The molecule has 8 heteroatoms. The van der Waals surface area contributed by atoms with Gasteiger partial charge in [-0.1, -0.05) is 0 Å². The summed E-state index contributed by atoms with van der Waals surface area (Å²) in [5, 5.41) is 11.4. The molecule has 2 aromatic heterocycles. The zero-order valence-electron chi connectivity index (χ0n) is 16.9. The third kappa shape index (κ3) is 3.14. The van der Waals surface area contributed by atoms with Gasteiger partial charge < -0.3 is 14.8 Å². The summed E-state index contributed by atoms with van der Waals surface area (Å²) >= 11 is 0. The number of carbonyl (C=O) groups is 1. The number of ether oxygens (including phenoxy) is 2. The second kappa shape index (κ2) is 7.55. The minimum atomic E-state index is -0.151. The Morgan fingerprint density at radius 2 is 2.27 bits per heavy atom. The molecule has 1 saturated heterocycles. The number of carbonyl (C=O) groups excluding carboxylic acids is 1. The monoisotopic (exact) mass is 405 g/mol. The van der Waals surface area contributed by atoms with Gasteiger partial charge in [-0.2, -0.15) is 5.10 Å². The fourth-order valence-electron chi connectivity index (χ4n) is 4.06. The van der Waals surface area contributed by atoms with E-state index < -0.39 is 0 Å². The Balaban J connectivity index is 1.52. The second-order valence-corrected chi connectivity index (χ2v) is 7.59. The summed E-state index contributed by atoms with van der Waals surface area (Å²) in [5.74, 6) is 1.41. The Bertz CT molecular complexity index is 1150. The lowest BCUT2D eigenvalue weighted by atomic mass is 10.0. The molecule has 30 heavy (non-hydrogen) atoms. The van der Waals surface area contributed by atoms with Crippen LogP contribution in [0.25, 0.3) is 17.1 Å². The molecule has 1 aromatic carbocycles. The van der Waals surface area contributed by atoms with Crippen molar-refractivity contribution in [3.05, 3.63) is 53.0 Å². The molecule has 0 amide bonds. The first-order valence-corrected chi connectivity index (χ1v) is 10.0. The van der Waals surface area contributed by atoms with Gasteiger partial charge in [0.25, 0.3) is 0 Å². The Morgan fingerprint density at radius 1 is 1.37 bits per heavy atom. The Hall–Kier alpha value is -3.23. The van der Waals surface area contributed by atoms with Crippen LogP contribution in [0.2, 0.25) is 0 Å². The van der Waals surface area contributed by atoms with E-state index in [-0.39, 0.29) is 11.5 Å². The average molecular weight is 405 g/mol. The fourth-order valence-corrected chi connectivity index (χ4v) is 4.06. The zero-order chi connectivity index (χ0) is 20.7. The lowest BCUT2D eigenvalue weighted by Crippen LogP contribution is -2.49. The Labute approximate surface area is 173 Å². The van der Waals surface area contributed by atoms with Crippen molar-refractivity contribution in [2.75, 3.05) is 26.7 Å². The molecule has 8 nitrogen and oxygen atoms in total. The predicted molar refractivity (Wildman–Crippen MR) is 113 cm³/mol. The van der Waals surface area contributed by atoms with Crippen molar-refractivity contribution in [2.24, 2.45) is 0 Å². The van der Waals surface area contributed by atoms with E-state index in [4.69, 9.17) is 9.47 Å². The van der Waals surface area contributed by atoms with Crippen LogP contribution in [0, 0.1) is 0 Å². The van der Waals surface area contributed by atoms with Crippen LogP contribution in [0.4, 0.5) is 0 Å². The molecule has 2 N–H and O–H groups in total. The largest absolute Gasteiger partial charge is 0.496 e. The van der Waals surface area contributed by atoms with E-state index in [0.717, 1.165) is 36.3 Å². The highest BCUT2D eigenvalue weighted by atomic mass is 16.5. The van der Waals surface area contributed by atoms with Crippen LogP contribution in [0.5, 0.6) is 11.5 Å². The fraction of sp³-hybridized carbons (Fsp3) is 0.318. The maximum atomic E-state index is 13.1. The van der Waals surface area contributed by atoms with E-state index in [1.54, 1.807) is 25.4 Å². The van der Waals surface area contributed by atoms with Gasteiger partial charge in [-0.05, 0) is 31.2 Å². The lowest BCUT2D eigenvalue weighted by molar-refractivity contribution is 0.101. The standard InChI is InChI=1S/C22H23N5O3/c1-13-11-23-8-9-27(13)12-16-18(29-2)6-5-15-20(28)19(30-21(15)16)10-17-14-4-3-7-24-22(14)26-25-17/h3-7,10,13,23H,8-9,11-12H2,1-2H3,(H,24,25,26). The predicted octanol–water partition coefficient (Wildman–Crippen LogP) is 2.38. The summed E-state index contributed by atoms with van der Waals surface area (Å²) in [6.45, 7) is 5.65. The number of hydrogen-bond donors (Lipinski definition) is 2. The van der Waals surface area contributed by atoms with Crippen LogP contribution in [-0.4, -0.2) is 58.7 Å². The number of H-pyrrole nitrogens is 1. The second-order valence-electron chi connectivity index (χ2n) is 7.59. The van der Waals surface area contributed by atoms with Crippen molar-refractivity contribution in [2.45, 2.75) is 19.5 Å². The number of allylic oxidation sites excluding steroid dienone is 1. The van der Waals surface area contributed by atoms with Gasteiger partial charge in [0, 0.05) is 49.9 Å². The number of methoxy groups -OCH3 is 1. The lowest BCUT2D eigenvalue weighted by Gasteiger charge is -2.34. The minimum Gasteiger partial charge on any atom is -0.496 e. The van der Waals surface area contributed by atoms with Crippen molar-refractivity contribution < 1.29 is 14.3 Å². The van der Waals surface area contributed by atoms with E-state index in [0.29, 0.717) is 35.2 Å². The first-order valence-electron chi connectivity index (χ1n) is 10.0. The van der Waals surface area contributed by atoms with Crippen LogP contribution >= 0.6 is 0 Å². The number of pyridine rings is 1. The molecule has 1 unspecified atom stereocenters. The van der Waals surface area contributed by atoms with Crippen molar-refractivity contribution in [1.29, 1.82) is 0 Å². The molecule has 1 atom stereocenters. The highest BCUT2D eigenvalue weighted by Crippen LogP contribution is 2.41. The third-order valence-electron chi connectivity index (χ3n) is 5.75. The highest BCUT2D eigenvalue weighted by Gasteiger charge is 2.33. The van der Waals surface area contributed by atoms with Gasteiger partial charge in [-0.15, -0.1) is 0 Å².